The summed E-state index contributed by atoms with van der Waals surface area (Å²) >= 11 is 0. The molecule has 0 saturated carbocycles. The smallest absolute Gasteiger partial charge is 0.336 e. The van der Waals surface area contributed by atoms with Crippen LogP contribution in [-0.2, 0) is 13.6 Å². The Kier molecular flexibility index (Phi) is 4.94. The Balaban J connectivity index is 0.00000180. The second kappa shape index (κ2) is 6.24. The van der Waals surface area contributed by atoms with Gasteiger partial charge < -0.3 is 10.4 Å². The number of hydrogen-bond acceptors (Lipinski definition) is 3. The van der Waals surface area contributed by atoms with Crippen LogP contribution in [0.3, 0.4) is 0 Å². The highest BCUT2D eigenvalue weighted by atomic mass is 35.5. The molecule has 2 rings (SSSR count). The van der Waals surface area contributed by atoms with Crippen molar-refractivity contribution in [2.24, 2.45) is 7.05 Å². The Morgan fingerprint density at radius 2 is 2.11 bits per heavy atom. The van der Waals surface area contributed by atoms with Gasteiger partial charge in [0.05, 0.1) is 11.3 Å². The van der Waals surface area contributed by atoms with Gasteiger partial charge in [-0.05, 0) is 18.6 Å². The minimum absolute atomic E-state index is 0. The molecule has 0 spiro atoms. The van der Waals surface area contributed by atoms with E-state index in [0.717, 1.165) is 17.1 Å². The second-order valence-electron chi connectivity index (χ2n) is 4.11. The molecular weight excluding hydrogens is 266 g/mol. The summed E-state index contributed by atoms with van der Waals surface area (Å²) in [6, 6.07) is 8.88. The van der Waals surface area contributed by atoms with Gasteiger partial charge in [0.15, 0.2) is 0 Å². The highest BCUT2D eigenvalue weighted by molar-refractivity contribution is 5.89. The zero-order valence-corrected chi connectivity index (χ0v) is 11.6. The first-order valence-corrected chi connectivity index (χ1v) is 5.63. The van der Waals surface area contributed by atoms with Crippen molar-refractivity contribution < 1.29 is 9.90 Å². The minimum atomic E-state index is -0.909. The van der Waals surface area contributed by atoms with E-state index in [2.05, 4.69) is 10.4 Å². The van der Waals surface area contributed by atoms with Crippen LogP contribution in [0.2, 0.25) is 0 Å². The van der Waals surface area contributed by atoms with Gasteiger partial charge in [-0.2, -0.15) is 5.10 Å². The Morgan fingerprint density at radius 3 is 2.68 bits per heavy atom. The molecule has 2 aromatic rings. The molecule has 0 radical (unpaired) electrons. The van der Waals surface area contributed by atoms with E-state index in [9.17, 15) is 4.79 Å². The summed E-state index contributed by atoms with van der Waals surface area (Å²) in [5.74, 6) is -0.0405. The molecule has 1 aromatic carbocycles. The molecule has 2 N–H and O–H groups in total. The van der Waals surface area contributed by atoms with Gasteiger partial charge in [-0.3, -0.25) is 4.68 Å². The van der Waals surface area contributed by atoms with E-state index in [1.54, 1.807) is 22.9 Å². The van der Waals surface area contributed by atoms with Gasteiger partial charge in [0.1, 0.15) is 5.82 Å². The van der Waals surface area contributed by atoms with Gasteiger partial charge in [0.2, 0.25) is 0 Å². The number of benzene rings is 1. The molecule has 0 aliphatic rings. The lowest BCUT2D eigenvalue weighted by atomic mass is 10.1. The van der Waals surface area contributed by atoms with Gasteiger partial charge in [0.25, 0.3) is 0 Å². The van der Waals surface area contributed by atoms with Gasteiger partial charge in [-0.15, -0.1) is 12.4 Å². The molecule has 0 bridgehead atoms. The number of halogens is 1. The number of carboxylic acid groups (broad SMARTS) is 1. The van der Waals surface area contributed by atoms with E-state index in [0.29, 0.717) is 12.1 Å². The average Bonchev–Trinajstić information content (AvgIpc) is 2.65. The van der Waals surface area contributed by atoms with Gasteiger partial charge in [-0.25, -0.2) is 4.79 Å². The van der Waals surface area contributed by atoms with Crippen LogP contribution in [0, 0.1) is 6.92 Å². The van der Waals surface area contributed by atoms with Crippen molar-refractivity contribution in [3.63, 3.8) is 0 Å². The summed E-state index contributed by atoms with van der Waals surface area (Å²) < 4.78 is 1.73. The monoisotopic (exact) mass is 281 g/mol. The molecule has 0 aliphatic heterocycles. The van der Waals surface area contributed by atoms with E-state index in [1.807, 2.05) is 26.1 Å². The van der Waals surface area contributed by atoms with Crippen LogP contribution in [0.5, 0.6) is 0 Å². The zero-order chi connectivity index (χ0) is 13.1. The van der Waals surface area contributed by atoms with Gasteiger partial charge >= 0.3 is 5.97 Å². The van der Waals surface area contributed by atoms with Crippen molar-refractivity contribution >= 4 is 24.2 Å². The van der Waals surface area contributed by atoms with Crippen LogP contribution in [-0.4, -0.2) is 20.9 Å². The minimum Gasteiger partial charge on any atom is -0.478 e. The Bertz CT molecular complexity index is 581. The molecule has 0 unspecified atom stereocenters. The predicted molar refractivity (Wildman–Crippen MR) is 75.9 cm³/mol. The fraction of sp³-hybridized carbons (Fsp3) is 0.231. The lowest BCUT2D eigenvalue weighted by Crippen LogP contribution is -2.09. The SMILES string of the molecule is Cc1cc(NCc2ccccc2C(=O)O)n(C)n1.Cl. The standard InChI is InChI=1S/C13H15N3O2.ClH/c1-9-7-12(16(2)15-9)14-8-10-5-3-4-6-11(10)13(17)18;/h3-7,14H,8H2,1-2H3,(H,17,18);1H. The first kappa shape index (κ1) is 15.0. The molecule has 5 nitrogen and oxygen atoms in total. The van der Waals surface area contributed by atoms with Crippen molar-refractivity contribution in [3.8, 4) is 0 Å². The third-order valence-electron chi connectivity index (χ3n) is 2.71. The topological polar surface area (TPSA) is 67.2 Å². The predicted octanol–water partition coefficient (Wildman–Crippen LogP) is 2.46. The summed E-state index contributed by atoms with van der Waals surface area (Å²) in [7, 11) is 1.85. The first-order valence-electron chi connectivity index (χ1n) is 5.63. The maximum Gasteiger partial charge on any atom is 0.336 e. The van der Waals surface area contributed by atoms with Crippen LogP contribution in [0.25, 0.3) is 0 Å². The highest BCUT2D eigenvalue weighted by Gasteiger charge is 2.09. The quantitative estimate of drug-likeness (QED) is 0.903. The van der Waals surface area contributed by atoms with Crippen molar-refractivity contribution in [2.45, 2.75) is 13.5 Å². The van der Waals surface area contributed by atoms with E-state index >= 15 is 0 Å². The van der Waals surface area contributed by atoms with Crippen LogP contribution in [0.15, 0.2) is 30.3 Å². The van der Waals surface area contributed by atoms with Crippen LogP contribution in [0.1, 0.15) is 21.6 Å². The number of carboxylic acids is 1. The van der Waals surface area contributed by atoms with Crippen LogP contribution in [0.4, 0.5) is 5.82 Å². The van der Waals surface area contributed by atoms with Crippen LogP contribution >= 0.6 is 12.4 Å². The molecule has 0 fully saturated rings. The summed E-state index contributed by atoms with van der Waals surface area (Å²) in [4.78, 5) is 11.1. The van der Waals surface area contributed by atoms with E-state index in [1.165, 1.54) is 0 Å². The molecule has 1 aromatic heterocycles. The number of anilines is 1. The van der Waals surface area contributed by atoms with E-state index in [-0.39, 0.29) is 12.4 Å². The Hall–Kier alpha value is -2.01. The Labute approximate surface area is 117 Å². The summed E-state index contributed by atoms with van der Waals surface area (Å²) in [6.07, 6.45) is 0. The van der Waals surface area contributed by atoms with Crippen LogP contribution < -0.4 is 5.32 Å². The van der Waals surface area contributed by atoms with Crippen molar-refractivity contribution in [3.05, 3.63) is 47.2 Å². The molecule has 0 amide bonds. The van der Waals surface area contributed by atoms with Crippen molar-refractivity contribution in [1.29, 1.82) is 0 Å². The second-order valence-corrected chi connectivity index (χ2v) is 4.11. The van der Waals surface area contributed by atoms with Crippen molar-refractivity contribution in [1.82, 2.24) is 9.78 Å². The summed E-state index contributed by atoms with van der Waals surface area (Å²) in [5, 5.41) is 16.5. The molecular formula is C13H16ClN3O2. The lowest BCUT2D eigenvalue weighted by molar-refractivity contribution is 0.0696. The van der Waals surface area contributed by atoms with E-state index in [4.69, 9.17) is 5.11 Å². The number of aromatic carboxylic acids is 1. The zero-order valence-electron chi connectivity index (χ0n) is 10.8. The van der Waals surface area contributed by atoms with Crippen molar-refractivity contribution in [2.75, 3.05) is 5.32 Å². The number of hydrogen-bond donors (Lipinski definition) is 2. The third-order valence-corrected chi connectivity index (χ3v) is 2.71. The van der Waals surface area contributed by atoms with E-state index < -0.39 is 5.97 Å². The number of nitrogens with zero attached hydrogens (tertiary/aromatic N) is 2. The Morgan fingerprint density at radius 1 is 1.42 bits per heavy atom. The summed E-state index contributed by atoms with van der Waals surface area (Å²) in [5.41, 5.74) is 2.00. The summed E-state index contributed by atoms with van der Waals surface area (Å²) in [6.45, 7) is 2.37. The first-order chi connectivity index (χ1) is 8.58. The third kappa shape index (κ3) is 3.48. The molecule has 0 atom stereocenters. The number of nitrogens with one attached hydrogen (secondary N) is 1. The fourth-order valence-corrected chi connectivity index (χ4v) is 1.84. The number of rotatable bonds is 4. The number of aryl methyl sites for hydroxylation is 2. The molecule has 19 heavy (non-hydrogen) atoms. The molecule has 0 aliphatic carbocycles. The lowest BCUT2D eigenvalue weighted by Gasteiger charge is -2.08. The average molecular weight is 282 g/mol. The van der Waals surface area contributed by atoms with Gasteiger partial charge in [-0.1, -0.05) is 18.2 Å². The molecule has 102 valence electrons. The number of carbonyl (C=O) groups is 1. The molecule has 6 heteroatoms. The highest BCUT2D eigenvalue weighted by Crippen LogP contribution is 2.13. The largest absolute Gasteiger partial charge is 0.478 e. The normalized spacial score (nSPS) is 9.79. The fourth-order valence-electron chi connectivity index (χ4n) is 1.84. The molecule has 0 saturated heterocycles. The maximum absolute atomic E-state index is 11.1. The molecule has 1 heterocycles. The maximum atomic E-state index is 11.1. The number of aromatic nitrogens is 2. The van der Waals surface area contributed by atoms with Gasteiger partial charge in [0, 0.05) is 19.7 Å².